The number of nitrogens with one attached hydrogen (secondary N) is 1. The lowest BCUT2D eigenvalue weighted by atomic mass is 9.79. The summed E-state index contributed by atoms with van der Waals surface area (Å²) in [6, 6.07) is 8.21. The van der Waals surface area contributed by atoms with E-state index in [2.05, 4.69) is 25.2 Å². The van der Waals surface area contributed by atoms with Gasteiger partial charge in [0.2, 0.25) is 0 Å². The molecule has 0 heterocycles. The molecule has 19 heavy (non-hydrogen) atoms. The highest BCUT2D eigenvalue weighted by Crippen LogP contribution is 2.31. The van der Waals surface area contributed by atoms with Gasteiger partial charge in [0.25, 0.3) is 0 Å². The second-order valence-corrected chi connectivity index (χ2v) is 6.21. The van der Waals surface area contributed by atoms with E-state index in [0.717, 1.165) is 17.5 Å². The van der Waals surface area contributed by atoms with E-state index in [1.807, 2.05) is 12.1 Å². The van der Waals surface area contributed by atoms with Gasteiger partial charge >= 0.3 is 0 Å². The van der Waals surface area contributed by atoms with Gasteiger partial charge in [-0.1, -0.05) is 25.4 Å². The summed E-state index contributed by atoms with van der Waals surface area (Å²) < 4.78 is 0. The summed E-state index contributed by atoms with van der Waals surface area (Å²) >= 11 is 6.05. The van der Waals surface area contributed by atoms with Crippen molar-refractivity contribution in [3.63, 3.8) is 0 Å². The van der Waals surface area contributed by atoms with Gasteiger partial charge < -0.3 is 5.32 Å². The van der Waals surface area contributed by atoms with Gasteiger partial charge in [-0.05, 0) is 55.7 Å². The van der Waals surface area contributed by atoms with Crippen molar-refractivity contribution in [3.8, 4) is 6.07 Å². The Morgan fingerprint density at radius 3 is 2.47 bits per heavy atom. The standard InChI is InChI=1S/C16H21ClN2/c1-11(2)12-3-6-14(7-4-12)19-15-8-5-13(10-18)16(17)9-15/h5,8-9,11-12,14,19H,3-4,6-7H2,1-2H3. The molecule has 1 aliphatic rings. The van der Waals surface area contributed by atoms with Crippen LogP contribution in [-0.4, -0.2) is 6.04 Å². The Hall–Kier alpha value is -1.20. The van der Waals surface area contributed by atoms with Crippen LogP contribution < -0.4 is 5.32 Å². The van der Waals surface area contributed by atoms with Crippen molar-refractivity contribution in [1.82, 2.24) is 0 Å². The van der Waals surface area contributed by atoms with Gasteiger partial charge in [0.1, 0.15) is 6.07 Å². The van der Waals surface area contributed by atoms with Crippen LogP contribution in [0.5, 0.6) is 0 Å². The van der Waals surface area contributed by atoms with Crippen molar-refractivity contribution in [3.05, 3.63) is 28.8 Å². The summed E-state index contributed by atoms with van der Waals surface area (Å²) in [4.78, 5) is 0. The second kappa shape index (κ2) is 6.30. The van der Waals surface area contributed by atoms with E-state index in [1.54, 1.807) is 6.07 Å². The first-order valence-corrected chi connectivity index (χ1v) is 7.44. The third kappa shape index (κ3) is 3.64. The lowest BCUT2D eigenvalue weighted by Crippen LogP contribution is -2.27. The van der Waals surface area contributed by atoms with Crippen molar-refractivity contribution in [2.24, 2.45) is 11.8 Å². The molecule has 1 saturated carbocycles. The molecule has 0 atom stereocenters. The number of halogens is 1. The minimum atomic E-state index is 0.531. The van der Waals surface area contributed by atoms with Crippen LogP contribution in [-0.2, 0) is 0 Å². The van der Waals surface area contributed by atoms with E-state index >= 15 is 0 Å². The second-order valence-electron chi connectivity index (χ2n) is 5.81. The zero-order valence-electron chi connectivity index (χ0n) is 11.6. The molecule has 0 unspecified atom stereocenters. The molecule has 3 heteroatoms. The zero-order chi connectivity index (χ0) is 13.8. The molecule has 2 nitrogen and oxygen atoms in total. The summed E-state index contributed by atoms with van der Waals surface area (Å²) in [5.74, 6) is 1.67. The smallest absolute Gasteiger partial charge is 0.101 e. The zero-order valence-corrected chi connectivity index (χ0v) is 12.4. The molecule has 0 aliphatic heterocycles. The van der Waals surface area contributed by atoms with Crippen LogP contribution in [0.4, 0.5) is 5.69 Å². The van der Waals surface area contributed by atoms with Gasteiger partial charge in [-0.15, -0.1) is 0 Å². The van der Waals surface area contributed by atoms with E-state index in [9.17, 15) is 0 Å². The Balaban J connectivity index is 1.93. The first-order chi connectivity index (χ1) is 9.10. The molecule has 1 aromatic rings. The number of hydrogen-bond donors (Lipinski definition) is 1. The first-order valence-electron chi connectivity index (χ1n) is 7.06. The number of hydrogen-bond acceptors (Lipinski definition) is 2. The maximum atomic E-state index is 8.86. The van der Waals surface area contributed by atoms with Gasteiger partial charge in [-0.2, -0.15) is 5.26 Å². The largest absolute Gasteiger partial charge is 0.382 e. The molecule has 0 aromatic heterocycles. The van der Waals surface area contributed by atoms with Gasteiger partial charge in [-0.25, -0.2) is 0 Å². The minimum Gasteiger partial charge on any atom is -0.382 e. The van der Waals surface area contributed by atoms with Crippen LogP contribution in [0.3, 0.4) is 0 Å². The Morgan fingerprint density at radius 2 is 1.95 bits per heavy atom. The highest BCUT2D eigenvalue weighted by atomic mass is 35.5. The van der Waals surface area contributed by atoms with Crippen molar-refractivity contribution in [1.29, 1.82) is 5.26 Å². The van der Waals surface area contributed by atoms with Crippen molar-refractivity contribution in [2.75, 3.05) is 5.32 Å². The molecule has 2 rings (SSSR count). The summed E-state index contributed by atoms with van der Waals surface area (Å²) in [5, 5.41) is 12.9. The van der Waals surface area contributed by atoms with Crippen LogP contribution in [0.15, 0.2) is 18.2 Å². The SMILES string of the molecule is CC(C)C1CCC(Nc2ccc(C#N)c(Cl)c2)CC1. The summed E-state index contributed by atoms with van der Waals surface area (Å²) in [5.41, 5.74) is 1.56. The fourth-order valence-electron chi connectivity index (χ4n) is 2.86. The number of benzene rings is 1. The molecule has 0 bridgehead atoms. The molecule has 102 valence electrons. The number of anilines is 1. The lowest BCUT2D eigenvalue weighted by Gasteiger charge is -2.31. The molecule has 0 saturated heterocycles. The first kappa shape index (κ1) is 14.2. The van der Waals surface area contributed by atoms with Crippen molar-refractivity contribution in [2.45, 2.75) is 45.6 Å². The number of rotatable bonds is 3. The summed E-state index contributed by atoms with van der Waals surface area (Å²) in [6.45, 7) is 4.64. The molecule has 1 fully saturated rings. The van der Waals surface area contributed by atoms with Crippen LogP contribution in [0.2, 0.25) is 5.02 Å². The topological polar surface area (TPSA) is 35.8 Å². The number of nitriles is 1. The minimum absolute atomic E-state index is 0.531. The van der Waals surface area contributed by atoms with E-state index in [-0.39, 0.29) is 0 Å². The third-order valence-electron chi connectivity index (χ3n) is 4.17. The number of nitrogens with zero attached hydrogens (tertiary/aromatic N) is 1. The predicted octanol–water partition coefficient (Wildman–Crippen LogP) is 4.84. The average Bonchev–Trinajstić information content (AvgIpc) is 2.39. The Labute approximate surface area is 120 Å². The molecule has 1 aromatic carbocycles. The van der Waals surface area contributed by atoms with Gasteiger partial charge in [0.05, 0.1) is 10.6 Å². The monoisotopic (exact) mass is 276 g/mol. The molecule has 0 radical (unpaired) electrons. The molecular weight excluding hydrogens is 256 g/mol. The van der Waals surface area contributed by atoms with E-state index in [0.29, 0.717) is 16.6 Å². The average molecular weight is 277 g/mol. The highest BCUT2D eigenvalue weighted by Gasteiger charge is 2.23. The van der Waals surface area contributed by atoms with E-state index < -0.39 is 0 Å². The maximum Gasteiger partial charge on any atom is 0.101 e. The Bertz CT molecular complexity index is 468. The van der Waals surface area contributed by atoms with Crippen molar-refractivity contribution >= 4 is 17.3 Å². The lowest BCUT2D eigenvalue weighted by molar-refractivity contribution is 0.267. The normalized spacial score (nSPS) is 23.1. The summed E-state index contributed by atoms with van der Waals surface area (Å²) in [6.07, 6.45) is 5.06. The molecule has 1 aliphatic carbocycles. The molecule has 0 spiro atoms. The Kier molecular flexibility index (Phi) is 4.71. The third-order valence-corrected chi connectivity index (χ3v) is 4.49. The van der Waals surface area contributed by atoms with Crippen LogP contribution in [0.25, 0.3) is 0 Å². The summed E-state index contributed by atoms with van der Waals surface area (Å²) in [7, 11) is 0. The van der Waals surface area contributed by atoms with E-state index in [1.165, 1.54) is 25.7 Å². The van der Waals surface area contributed by atoms with Crippen molar-refractivity contribution < 1.29 is 0 Å². The fraction of sp³-hybridized carbons (Fsp3) is 0.562. The molecule has 1 N–H and O–H groups in total. The van der Waals surface area contributed by atoms with Gasteiger partial charge in [0, 0.05) is 11.7 Å². The highest BCUT2D eigenvalue weighted by molar-refractivity contribution is 6.32. The van der Waals surface area contributed by atoms with Crippen LogP contribution in [0, 0.1) is 23.2 Å². The van der Waals surface area contributed by atoms with Gasteiger partial charge in [0.15, 0.2) is 0 Å². The van der Waals surface area contributed by atoms with Crippen LogP contribution in [0.1, 0.15) is 45.1 Å². The quantitative estimate of drug-likeness (QED) is 0.857. The predicted molar refractivity (Wildman–Crippen MR) is 80.4 cm³/mol. The van der Waals surface area contributed by atoms with Crippen LogP contribution >= 0.6 is 11.6 Å². The Morgan fingerprint density at radius 1 is 1.26 bits per heavy atom. The molecule has 0 amide bonds. The van der Waals surface area contributed by atoms with E-state index in [4.69, 9.17) is 16.9 Å². The molecular formula is C16H21ClN2. The fourth-order valence-corrected chi connectivity index (χ4v) is 3.08. The maximum absolute atomic E-state index is 8.86. The van der Waals surface area contributed by atoms with Gasteiger partial charge in [-0.3, -0.25) is 0 Å².